The predicted molar refractivity (Wildman–Crippen MR) is 454 cm³/mol. The van der Waals surface area contributed by atoms with Gasteiger partial charge in [-0.05, 0) is 192 Å². The second-order valence-corrected chi connectivity index (χ2v) is 35.8. The van der Waals surface area contributed by atoms with Crippen LogP contribution in [0.3, 0.4) is 0 Å². The second-order valence-electron chi connectivity index (χ2n) is 31.3. The molecule has 2 aliphatic carbocycles. The van der Waals surface area contributed by atoms with Crippen molar-refractivity contribution in [2.75, 3.05) is 13.1 Å². The highest BCUT2D eigenvalue weighted by atomic mass is 32.2. The van der Waals surface area contributed by atoms with Gasteiger partial charge >= 0.3 is 0 Å². The SMILES string of the molecule is Cc1ccc(/C(=C\[C@H]2CCC(=O)N2)c2ccc(C3=CCNCC3)c(=O)[nH]2)cc1.Cc1ccc(C(C[C@H]2CCC(=O)N2)c2ccc(-c3cn[nH]c3)c(=O)[nH]2)cc1.O=C1CC[C@H](/C=C(\c2ccc(S(=O)(=O)C3CC3)cc2)c2ccc(-c3cn[nH]c3)c(=O)[nH]2)N1.O=C1CC[C@H](CC(c2ccc(S(=O)(=O)C3CC3)cc2)c2ccc(-c3cn[nH]c3)c(=O)[nH]2)N1. The number of sulfone groups is 2. The Morgan fingerprint density at radius 1 is 0.403 bits per heavy atom. The zero-order chi connectivity index (χ0) is 82.9. The average Bonchev–Trinajstić information content (AvgIpc) is 1.74. The summed E-state index contributed by atoms with van der Waals surface area (Å²) in [6.07, 6.45) is 26.0. The van der Waals surface area contributed by atoms with Crippen molar-refractivity contribution in [3.63, 3.8) is 0 Å². The van der Waals surface area contributed by atoms with Crippen LogP contribution in [0.15, 0.2) is 230 Å². The summed E-state index contributed by atoms with van der Waals surface area (Å²) >= 11 is 0. The van der Waals surface area contributed by atoms with Gasteiger partial charge in [-0.1, -0.05) is 102 Å². The Kier molecular flexibility index (Phi) is 24.6. The van der Waals surface area contributed by atoms with Crippen LogP contribution in [0, 0.1) is 13.8 Å². The number of H-pyrrole nitrogens is 7. The van der Waals surface area contributed by atoms with Gasteiger partial charge in [-0.3, -0.25) is 53.7 Å². The third-order valence-electron chi connectivity index (χ3n) is 22.7. The fourth-order valence-corrected chi connectivity index (χ4v) is 19.1. The zero-order valence-corrected chi connectivity index (χ0v) is 67.4. The van der Waals surface area contributed by atoms with Crippen LogP contribution in [0.2, 0.25) is 0 Å². The Labute approximate surface area is 686 Å². The smallest absolute Gasteiger partial charge is 0.256 e. The first-order chi connectivity index (χ1) is 57.5. The summed E-state index contributed by atoms with van der Waals surface area (Å²) in [6.45, 7) is 5.79. The maximum Gasteiger partial charge on any atom is 0.256 e. The van der Waals surface area contributed by atoms with Gasteiger partial charge in [0.2, 0.25) is 23.6 Å². The number of aromatic amines is 7. The molecule has 4 saturated heterocycles. The highest BCUT2D eigenvalue weighted by molar-refractivity contribution is 7.92. The summed E-state index contributed by atoms with van der Waals surface area (Å²) in [6, 6.07) is 45.1. The topological polar surface area (TPSA) is 414 Å². The molecule has 7 aliphatic rings. The van der Waals surface area contributed by atoms with E-state index in [1.807, 2.05) is 55.5 Å². The van der Waals surface area contributed by atoms with Crippen LogP contribution in [0.4, 0.5) is 0 Å². The number of carbonyl (C=O) groups is 4. The van der Waals surface area contributed by atoms with Crippen molar-refractivity contribution in [1.82, 2.24) is 77.1 Å². The van der Waals surface area contributed by atoms with Crippen LogP contribution in [-0.4, -0.2) is 139 Å². The number of rotatable bonds is 22. The van der Waals surface area contributed by atoms with Gasteiger partial charge in [-0.15, -0.1) is 0 Å². The van der Waals surface area contributed by atoms with Gasteiger partial charge in [0.05, 0.1) is 55.6 Å². The van der Waals surface area contributed by atoms with Gasteiger partial charge in [-0.2, -0.15) is 15.3 Å². The number of nitrogens with one attached hydrogen (secondary N) is 12. The molecule has 4 amide bonds. The van der Waals surface area contributed by atoms with Crippen molar-refractivity contribution >= 4 is 60.0 Å². The number of hydrogen-bond acceptors (Lipinski definition) is 16. The van der Waals surface area contributed by atoms with Crippen LogP contribution in [0.5, 0.6) is 0 Å². The molecule has 5 aliphatic heterocycles. The molecule has 0 radical (unpaired) electrons. The van der Waals surface area contributed by atoms with Gasteiger partial charge in [0.15, 0.2) is 19.7 Å². The monoisotopic (exact) mass is 1640 g/mol. The van der Waals surface area contributed by atoms with E-state index in [0.29, 0.717) is 94.7 Å². The Hall–Kier alpha value is -12.7. The summed E-state index contributed by atoms with van der Waals surface area (Å²) in [5.41, 5.74) is 15.7. The van der Waals surface area contributed by atoms with Gasteiger partial charge in [0.25, 0.3) is 22.2 Å². The van der Waals surface area contributed by atoms with Gasteiger partial charge in [0.1, 0.15) is 0 Å². The summed E-state index contributed by atoms with van der Waals surface area (Å²) in [7, 11) is -6.55. The van der Waals surface area contributed by atoms with Crippen LogP contribution in [0.1, 0.15) is 170 Å². The van der Waals surface area contributed by atoms with E-state index in [4.69, 9.17) is 0 Å². The molecule has 2 unspecified atom stereocenters. The van der Waals surface area contributed by atoms with Crippen molar-refractivity contribution < 1.29 is 36.0 Å². The molecular weight excluding hydrogens is 1550 g/mol. The quantitative estimate of drug-likeness (QED) is 0.0300. The largest absolute Gasteiger partial charge is 0.353 e. The maximum atomic E-state index is 12.8. The summed E-state index contributed by atoms with van der Waals surface area (Å²) in [5.74, 6) is 0.0172. The molecule has 12 N–H and O–H groups in total. The Bertz CT molecular complexity index is 6130. The molecule has 11 aromatic rings. The third kappa shape index (κ3) is 19.8. The van der Waals surface area contributed by atoms with E-state index in [1.54, 1.807) is 91.8 Å². The second kappa shape index (κ2) is 36.0. The van der Waals surface area contributed by atoms with E-state index in [-0.39, 0.29) is 92.4 Å². The van der Waals surface area contributed by atoms with Crippen molar-refractivity contribution in [3.05, 3.63) is 304 Å². The minimum absolute atomic E-state index is 0.000532. The molecular formula is C90H93N15O12S2. The molecule has 18 rings (SSSR count). The molecule has 6 atom stereocenters. The Balaban J connectivity index is 0.000000124. The lowest BCUT2D eigenvalue weighted by Crippen LogP contribution is -2.28. The predicted octanol–water partition coefficient (Wildman–Crippen LogP) is 10.6. The van der Waals surface area contributed by atoms with E-state index >= 15 is 0 Å². The number of aromatic nitrogens is 10. The average molecular weight is 1640 g/mol. The standard InChI is InChI=1S/C23H24N4O4S.C23H22N4O4S.C23H25N3O2.C21H22N4O2/c2*28-22-10-3-16(26-22)11-20(14-1-4-17(5-2-14)32(30,31)18-6-7-18)21-9-8-19(23(29)27-21)15-12-24-25-13-15;1-15-2-4-16(5-3-15)20(14-18-6-9-22(27)25-18)21-8-7-19(23(28)26-21)17-10-12-24-13-11-17;1-13-2-4-14(5-3-13)18(10-16-6-9-20(26)24-16)19-8-7-17(21(27)25-19)15-11-22-23-12-15/h1-2,4-5,8-9,12-13,16,18,20H,3,6-7,10-11H2,(H,24,25)(H,26,28)(H,27,29);1-2,4-5,8-9,11-13,16,18H,3,6-7,10H2,(H,24,25)(H,26,28)(H,27,29);2-5,7-8,10,14,18,24H,6,9,11-13H2,1H3,(H,25,27)(H,26,28);2-5,7-8,11-12,16,18H,6,9-10H2,1H3,(H,22,23)(H,24,26)(H,25,27)/b;20-11+;20-14+;/t16-,20?;16-;18-;16-,18?/m1111/s1. The molecule has 119 heavy (non-hydrogen) atoms. The third-order valence-corrected chi connectivity index (χ3v) is 27.3. The molecule has 0 bridgehead atoms. The molecule has 2 saturated carbocycles. The van der Waals surface area contributed by atoms with Crippen molar-refractivity contribution in [1.29, 1.82) is 0 Å². The van der Waals surface area contributed by atoms with Crippen LogP contribution in [0.25, 0.3) is 50.1 Å². The number of nitrogens with zero attached hydrogens (tertiary/aromatic N) is 3. The van der Waals surface area contributed by atoms with Gasteiger partial charge < -0.3 is 46.5 Å². The van der Waals surface area contributed by atoms with Gasteiger partial charge in [-0.25, -0.2) is 16.8 Å². The van der Waals surface area contributed by atoms with Gasteiger partial charge in [0, 0.05) is 143 Å². The minimum atomic E-state index is -3.28. The summed E-state index contributed by atoms with van der Waals surface area (Å²) in [5, 5.41) is 34.5. The Morgan fingerprint density at radius 2 is 0.773 bits per heavy atom. The lowest BCUT2D eigenvalue weighted by atomic mass is 9.87. The first kappa shape index (κ1) is 81.4. The minimum Gasteiger partial charge on any atom is -0.353 e. The fraction of sp³-hybridized carbons (Fsp3) is 0.300. The molecule has 27 nitrogen and oxygen atoms in total. The molecule has 612 valence electrons. The summed E-state index contributed by atoms with van der Waals surface area (Å²) in [4.78, 5) is 110. The number of carbonyl (C=O) groups excluding carboxylic acids is 4. The van der Waals surface area contributed by atoms with E-state index < -0.39 is 19.7 Å². The number of pyridine rings is 4. The molecule has 6 fully saturated rings. The molecule has 7 aromatic heterocycles. The number of aryl methyl sites for hydroxylation is 2. The normalized spacial score (nSPS) is 19.2. The molecule has 29 heteroatoms. The van der Waals surface area contributed by atoms with E-state index in [9.17, 15) is 55.2 Å². The zero-order valence-electron chi connectivity index (χ0n) is 65.7. The number of amides is 4. The summed E-state index contributed by atoms with van der Waals surface area (Å²) < 4.78 is 50.2. The van der Waals surface area contributed by atoms with Crippen molar-refractivity contribution in [3.8, 4) is 33.4 Å². The van der Waals surface area contributed by atoms with Crippen LogP contribution in [-0.2, 0) is 38.9 Å². The highest BCUT2D eigenvalue weighted by Gasteiger charge is 2.39. The maximum absolute atomic E-state index is 12.8. The van der Waals surface area contributed by atoms with E-state index in [0.717, 1.165) is 125 Å². The highest BCUT2D eigenvalue weighted by Crippen LogP contribution is 2.39. The molecule has 0 spiro atoms. The van der Waals surface area contributed by atoms with Crippen LogP contribution >= 0.6 is 0 Å². The van der Waals surface area contributed by atoms with Crippen molar-refractivity contribution in [2.24, 2.45) is 0 Å². The lowest BCUT2D eigenvalue weighted by Gasteiger charge is -2.22. The number of hydrogen-bond donors (Lipinski definition) is 12. The first-order valence-electron chi connectivity index (χ1n) is 40.3. The molecule has 4 aromatic carbocycles. The molecule has 12 heterocycles. The fourth-order valence-electron chi connectivity index (χ4n) is 15.8. The first-order valence-corrected chi connectivity index (χ1v) is 43.4. The van der Waals surface area contributed by atoms with Crippen LogP contribution < -0.4 is 48.8 Å². The Morgan fingerprint density at radius 3 is 1.13 bits per heavy atom. The number of benzene rings is 4. The van der Waals surface area contributed by atoms with E-state index in [1.165, 1.54) is 11.1 Å². The van der Waals surface area contributed by atoms with E-state index in [2.05, 4.69) is 145 Å². The van der Waals surface area contributed by atoms with Crippen molar-refractivity contribution in [2.45, 2.75) is 166 Å². The lowest BCUT2D eigenvalue weighted by molar-refractivity contribution is -0.120.